The molecule has 0 saturated carbocycles. The first-order valence-corrected chi connectivity index (χ1v) is 4.57. The van der Waals surface area contributed by atoms with Crippen LogP contribution in [0.25, 0.3) is 0 Å². The van der Waals surface area contributed by atoms with E-state index >= 15 is 0 Å². The van der Waals surface area contributed by atoms with Gasteiger partial charge in [-0.2, -0.15) is 11.8 Å². The Morgan fingerprint density at radius 2 is 2.60 bits per heavy atom. The average Bonchev–Trinajstić information content (AvgIpc) is 1.89. The summed E-state index contributed by atoms with van der Waals surface area (Å²) in [6.07, 6.45) is 1.89. The first-order chi connectivity index (χ1) is 4.72. The van der Waals surface area contributed by atoms with Gasteiger partial charge in [0.15, 0.2) is 0 Å². The molecule has 0 saturated heterocycles. The number of nitrogens with one attached hydrogen (secondary N) is 1. The van der Waals surface area contributed by atoms with Crippen LogP contribution in [0.2, 0.25) is 0 Å². The summed E-state index contributed by atoms with van der Waals surface area (Å²) in [5, 5.41) is 2.34. The summed E-state index contributed by atoms with van der Waals surface area (Å²) in [5.74, 6) is 0.402. The molecule has 0 radical (unpaired) electrons. The topological polar surface area (TPSA) is 55.1 Å². The number of carbonyl (C=O) groups excluding carboxylic acids is 1. The van der Waals surface area contributed by atoms with Crippen molar-refractivity contribution >= 4 is 35.4 Å². The number of thiocarbonyl (C=S) groups is 1. The van der Waals surface area contributed by atoms with Gasteiger partial charge in [0.2, 0.25) is 5.91 Å². The fourth-order valence-electron chi connectivity index (χ4n) is 0.420. The number of rotatable bonds is 4. The predicted molar refractivity (Wildman–Crippen MR) is 48.2 cm³/mol. The van der Waals surface area contributed by atoms with E-state index in [1.54, 1.807) is 0 Å². The molecule has 1 amide bonds. The van der Waals surface area contributed by atoms with Crippen LogP contribution in [0.15, 0.2) is 0 Å². The third-order valence-corrected chi connectivity index (χ3v) is 1.69. The zero-order valence-corrected chi connectivity index (χ0v) is 7.30. The van der Waals surface area contributed by atoms with Gasteiger partial charge in [0.05, 0.1) is 11.5 Å². The maximum atomic E-state index is 10.8. The largest absolute Gasteiger partial charge is 0.322 e. The minimum Gasteiger partial charge on any atom is -0.322 e. The Labute approximate surface area is 69.7 Å². The number of hydrogen-bond donors (Lipinski definition) is 2. The van der Waals surface area contributed by atoms with Gasteiger partial charge in [-0.15, -0.1) is 0 Å². The van der Waals surface area contributed by atoms with Gasteiger partial charge < -0.3 is 11.1 Å². The van der Waals surface area contributed by atoms with Crippen molar-refractivity contribution in [2.24, 2.45) is 5.73 Å². The fourth-order valence-corrected chi connectivity index (χ4v) is 1.05. The maximum Gasteiger partial charge on any atom is 0.242 e. The molecule has 1 atom stereocenters. The Morgan fingerprint density at radius 1 is 2.00 bits per heavy atom. The summed E-state index contributed by atoms with van der Waals surface area (Å²) < 4.78 is 0. The monoisotopic (exact) mass is 178 g/mol. The Bertz CT molecular complexity index is 129. The quantitative estimate of drug-likeness (QED) is 0.583. The molecular formula is C5H10N2OS2. The molecule has 0 aliphatic carbocycles. The lowest BCUT2D eigenvalue weighted by molar-refractivity contribution is -0.120. The Morgan fingerprint density at radius 3 is 3.00 bits per heavy atom. The molecule has 3 N–H and O–H groups in total. The standard InChI is InChI=1S/C5H10N2OS2/c1-10-2-4(6)5(8)7-3-9/h3-4H,2,6H2,1H3,(H,7,8,9)/t4-/m0/s1. The summed E-state index contributed by atoms with van der Waals surface area (Å²) in [7, 11) is 0. The highest BCUT2D eigenvalue weighted by atomic mass is 32.2. The predicted octanol–water partition coefficient (Wildman–Crippen LogP) is -0.250. The fraction of sp³-hybridized carbons (Fsp3) is 0.600. The molecule has 0 fully saturated rings. The molecule has 0 heterocycles. The summed E-state index contributed by atoms with van der Waals surface area (Å²) in [5.41, 5.74) is 6.58. The van der Waals surface area contributed by atoms with E-state index in [4.69, 9.17) is 5.73 Å². The SMILES string of the molecule is CSC[C@H](N)C(=O)NC=S. The minimum absolute atomic E-state index is 0.218. The van der Waals surface area contributed by atoms with Crippen LogP contribution in [0.3, 0.4) is 0 Å². The van der Waals surface area contributed by atoms with Crippen LogP contribution in [0.5, 0.6) is 0 Å². The van der Waals surface area contributed by atoms with Crippen molar-refractivity contribution in [3.8, 4) is 0 Å². The number of thioether (sulfide) groups is 1. The highest BCUT2D eigenvalue weighted by molar-refractivity contribution is 7.98. The zero-order chi connectivity index (χ0) is 7.98. The van der Waals surface area contributed by atoms with Gasteiger partial charge in [0.25, 0.3) is 0 Å². The highest BCUT2D eigenvalue weighted by Crippen LogP contribution is 1.93. The first-order valence-electron chi connectivity index (χ1n) is 2.71. The summed E-state index contributed by atoms with van der Waals surface area (Å²) >= 11 is 5.94. The number of amides is 1. The molecule has 3 nitrogen and oxygen atoms in total. The van der Waals surface area contributed by atoms with Crippen molar-refractivity contribution in [2.75, 3.05) is 12.0 Å². The van der Waals surface area contributed by atoms with Crippen LogP contribution in [0.1, 0.15) is 0 Å². The summed E-state index contributed by atoms with van der Waals surface area (Å²) in [6, 6.07) is -0.450. The van der Waals surface area contributed by atoms with Crippen molar-refractivity contribution in [3.63, 3.8) is 0 Å². The smallest absolute Gasteiger partial charge is 0.242 e. The normalized spacial score (nSPS) is 12.2. The van der Waals surface area contributed by atoms with Gasteiger partial charge >= 0.3 is 0 Å². The average molecular weight is 178 g/mol. The van der Waals surface area contributed by atoms with Crippen LogP contribution >= 0.6 is 24.0 Å². The van der Waals surface area contributed by atoms with E-state index in [9.17, 15) is 4.79 Å². The van der Waals surface area contributed by atoms with Crippen molar-refractivity contribution < 1.29 is 4.79 Å². The van der Waals surface area contributed by atoms with Crippen LogP contribution in [-0.4, -0.2) is 29.4 Å². The Kier molecular flexibility index (Phi) is 5.57. The van der Waals surface area contributed by atoms with Gasteiger partial charge in [-0.1, -0.05) is 12.2 Å². The summed E-state index contributed by atoms with van der Waals surface area (Å²) in [4.78, 5) is 10.8. The van der Waals surface area contributed by atoms with Gasteiger partial charge in [-0.25, -0.2) is 0 Å². The molecule has 0 unspecified atom stereocenters. The van der Waals surface area contributed by atoms with Crippen molar-refractivity contribution in [1.82, 2.24) is 5.32 Å². The summed E-state index contributed by atoms with van der Waals surface area (Å²) in [6.45, 7) is 0. The van der Waals surface area contributed by atoms with E-state index in [1.165, 1.54) is 17.3 Å². The van der Waals surface area contributed by atoms with Gasteiger partial charge in [-0.3, -0.25) is 4.79 Å². The number of hydrogen-bond acceptors (Lipinski definition) is 4. The van der Waals surface area contributed by atoms with E-state index in [0.29, 0.717) is 5.75 Å². The van der Waals surface area contributed by atoms with Crippen LogP contribution in [0, 0.1) is 0 Å². The van der Waals surface area contributed by atoms with Crippen LogP contribution in [-0.2, 0) is 4.79 Å². The number of nitrogens with two attached hydrogens (primary N) is 1. The third kappa shape index (κ3) is 3.81. The molecule has 0 bridgehead atoms. The van der Waals surface area contributed by atoms with E-state index in [2.05, 4.69) is 17.5 Å². The molecule has 0 aromatic heterocycles. The lowest BCUT2D eigenvalue weighted by Crippen LogP contribution is -2.41. The Hall–Kier alpha value is -0.130. The van der Waals surface area contributed by atoms with Gasteiger partial charge in [0.1, 0.15) is 0 Å². The molecule has 0 aromatic carbocycles. The first kappa shape index (κ1) is 9.87. The van der Waals surface area contributed by atoms with Crippen molar-refractivity contribution in [2.45, 2.75) is 6.04 Å². The van der Waals surface area contributed by atoms with Gasteiger partial charge in [-0.05, 0) is 6.26 Å². The molecule has 0 aliphatic rings. The molecule has 58 valence electrons. The second-order valence-corrected chi connectivity index (χ2v) is 2.83. The maximum absolute atomic E-state index is 10.8. The molecule has 0 spiro atoms. The lowest BCUT2D eigenvalue weighted by Gasteiger charge is -2.06. The number of carbonyl (C=O) groups is 1. The van der Waals surface area contributed by atoms with Crippen LogP contribution in [0.4, 0.5) is 0 Å². The molecule has 5 heteroatoms. The van der Waals surface area contributed by atoms with Gasteiger partial charge in [0, 0.05) is 5.75 Å². The molecule has 0 rings (SSSR count). The van der Waals surface area contributed by atoms with E-state index in [0.717, 1.165) is 0 Å². The lowest BCUT2D eigenvalue weighted by atomic mass is 10.3. The third-order valence-electron chi connectivity index (χ3n) is 0.884. The highest BCUT2D eigenvalue weighted by Gasteiger charge is 2.09. The minimum atomic E-state index is -0.450. The van der Waals surface area contributed by atoms with Crippen molar-refractivity contribution in [3.05, 3.63) is 0 Å². The second-order valence-electron chi connectivity index (χ2n) is 1.69. The molecule has 10 heavy (non-hydrogen) atoms. The van der Waals surface area contributed by atoms with E-state index < -0.39 is 6.04 Å². The molecule has 0 aromatic rings. The second kappa shape index (κ2) is 5.64. The Balaban J connectivity index is 3.58. The van der Waals surface area contributed by atoms with E-state index in [-0.39, 0.29) is 5.91 Å². The van der Waals surface area contributed by atoms with Crippen LogP contribution < -0.4 is 11.1 Å². The van der Waals surface area contributed by atoms with Crippen molar-refractivity contribution in [1.29, 1.82) is 0 Å². The molecular weight excluding hydrogens is 168 g/mol. The molecule has 0 aliphatic heterocycles. The van der Waals surface area contributed by atoms with E-state index in [1.807, 2.05) is 6.26 Å². The zero-order valence-electron chi connectivity index (χ0n) is 5.66.